The van der Waals surface area contributed by atoms with Crippen LogP contribution in [0, 0.1) is 13.8 Å². The molecule has 0 atom stereocenters. The van der Waals surface area contributed by atoms with Gasteiger partial charge in [0.2, 0.25) is 0 Å². The lowest BCUT2D eigenvalue weighted by molar-refractivity contribution is 0.303. The lowest BCUT2D eigenvalue weighted by Gasteiger charge is -2.14. The Morgan fingerprint density at radius 1 is 0.840 bits per heavy atom. The molecule has 3 rings (SSSR count). The molecular formula is C22H22ClNO. The van der Waals surface area contributed by atoms with E-state index in [0.29, 0.717) is 13.2 Å². The van der Waals surface area contributed by atoms with Gasteiger partial charge in [-0.25, -0.2) is 0 Å². The fourth-order valence-electron chi connectivity index (χ4n) is 2.61. The molecule has 0 saturated heterocycles. The number of nitrogens with one attached hydrogen (secondary N) is 1. The van der Waals surface area contributed by atoms with Gasteiger partial charge < -0.3 is 10.1 Å². The average molecular weight is 352 g/mol. The Bertz CT molecular complexity index is 860. The van der Waals surface area contributed by atoms with E-state index in [1.54, 1.807) is 0 Å². The minimum absolute atomic E-state index is 0.459. The first-order valence-electron chi connectivity index (χ1n) is 8.39. The Morgan fingerprint density at radius 3 is 2.32 bits per heavy atom. The normalized spacial score (nSPS) is 10.5. The van der Waals surface area contributed by atoms with Crippen molar-refractivity contribution in [2.24, 2.45) is 0 Å². The average Bonchev–Trinajstić information content (AvgIpc) is 2.63. The van der Waals surface area contributed by atoms with E-state index in [0.717, 1.165) is 27.6 Å². The molecule has 2 nitrogen and oxygen atoms in total. The molecule has 0 fully saturated rings. The lowest BCUT2D eigenvalue weighted by atomic mass is 10.1. The highest BCUT2D eigenvalue weighted by Gasteiger charge is 2.06. The third kappa shape index (κ3) is 4.55. The van der Waals surface area contributed by atoms with Crippen LogP contribution >= 0.6 is 11.6 Å². The van der Waals surface area contributed by atoms with Crippen LogP contribution in [0.3, 0.4) is 0 Å². The Labute approximate surface area is 154 Å². The minimum atomic E-state index is 0.459. The van der Waals surface area contributed by atoms with Gasteiger partial charge in [0.15, 0.2) is 0 Å². The van der Waals surface area contributed by atoms with Crippen molar-refractivity contribution in [1.82, 2.24) is 0 Å². The summed E-state index contributed by atoms with van der Waals surface area (Å²) in [6.45, 7) is 5.42. The van der Waals surface area contributed by atoms with Gasteiger partial charge in [0.05, 0.1) is 0 Å². The van der Waals surface area contributed by atoms with Gasteiger partial charge >= 0.3 is 0 Å². The molecule has 0 aliphatic carbocycles. The van der Waals surface area contributed by atoms with Crippen molar-refractivity contribution < 1.29 is 4.74 Å². The molecule has 128 valence electrons. The highest BCUT2D eigenvalue weighted by atomic mass is 35.5. The van der Waals surface area contributed by atoms with Gasteiger partial charge in [-0.1, -0.05) is 54.1 Å². The maximum Gasteiger partial charge on any atom is 0.124 e. The van der Waals surface area contributed by atoms with Crippen molar-refractivity contribution in [3.8, 4) is 5.75 Å². The molecule has 0 heterocycles. The first-order chi connectivity index (χ1) is 12.1. The van der Waals surface area contributed by atoms with E-state index in [1.807, 2.05) is 42.5 Å². The summed E-state index contributed by atoms with van der Waals surface area (Å²) in [5.41, 5.74) is 5.81. The number of halogens is 1. The first-order valence-corrected chi connectivity index (χ1v) is 8.76. The zero-order chi connectivity index (χ0) is 17.6. The minimum Gasteiger partial charge on any atom is -0.488 e. The van der Waals surface area contributed by atoms with Gasteiger partial charge in [-0.05, 0) is 49.2 Å². The molecule has 0 aliphatic rings. The number of aryl methyl sites for hydroxylation is 2. The van der Waals surface area contributed by atoms with E-state index in [1.165, 1.54) is 11.1 Å². The van der Waals surface area contributed by atoms with Crippen molar-refractivity contribution in [2.45, 2.75) is 27.0 Å². The van der Waals surface area contributed by atoms with Gasteiger partial charge in [0.1, 0.15) is 12.4 Å². The monoisotopic (exact) mass is 351 g/mol. The molecule has 0 spiro atoms. The summed E-state index contributed by atoms with van der Waals surface area (Å²) >= 11 is 6.21. The number of hydrogen-bond donors (Lipinski definition) is 1. The zero-order valence-electron chi connectivity index (χ0n) is 14.6. The van der Waals surface area contributed by atoms with E-state index in [4.69, 9.17) is 16.3 Å². The van der Waals surface area contributed by atoms with Crippen LogP contribution in [-0.4, -0.2) is 0 Å². The summed E-state index contributed by atoms with van der Waals surface area (Å²) in [5, 5.41) is 4.20. The summed E-state index contributed by atoms with van der Waals surface area (Å²) in [5.74, 6) is 0.874. The highest BCUT2D eigenvalue weighted by Crippen LogP contribution is 2.23. The highest BCUT2D eigenvalue weighted by molar-refractivity contribution is 6.31. The van der Waals surface area contributed by atoms with Crippen LogP contribution in [0.4, 0.5) is 5.69 Å². The maximum absolute atomic E-state index is 6.21. The molecule has 1 N–H and O–H groups in total. The smallest absolute Gasteiger partial charge is 0.124 e. The number of ether oxygens (including phenoxy) is 1. The van der Waals surface area contributed by atoms with Crippen LogP contribution < -0.4 is 10.1 Å². The van der Waals surface area contributed by atoms with Crippen LogP contribution in [-0.2, 0) is 13.2 Å². The number of para-hydroxylation sites is 1. The molecule has 0 aliphatic heterocycles. The summed E-state index contributed by atoms with van der Waals surface area (Å²) in [4.78, 5) is 0. The Hall–Kier alpha value is -2.45. The van der Waals surface area contributed by atoms with Crippen molar-refractivity contribution in [2.75, 3.05) is 5.32 Å². The molecule has 3 aromatic carbocycles. The molecular weight excluding hydrogens is 330 g/mol. The quantitative estimate of drug-likeness (QED) is 0.575. The number of rotatable bonds is 6. The number of anilines is 1. The lowest BCUT2D eigenvalue weighted by Crippen LogP contribution is -2.04. The van der Waals surface area contributed by atoms with E-state index in [9.17, 15) is 0 Å². The van der Waals surface area contributed by atoms with Crippen molar-refractivity contribution in [3.63, 3.8) is 0 Å². The molecule has 0 saturated carbocycles. The van der Waals surface area contributed by atoms with Crippen LogP contribution in [0.25, 0.3) is 0 Å². The molecule has 3 heteroatoms. The zero-order valence-corrected chi connectivity index (χ0v) is 15.3. The van der Waals surface area contributed by atoms with E-state index in [-0.39, 0.29) is 0 Å². The van der Waals surface area contributed by atoms with Crippen LogP contribution in [0.1, 0.15) is 22.3 Å². The first kappa shape index (κ1) is 17.4. The topological polar surface area (TPSA) is 21.3 Å². The van der Waals surface area contributed by atoms with Crippen LogP contribution in [0.5, 0.6) is 5.75 Å². The van der Waals surface area contributed by atoms with Crippen LogP contribution in [0.2, 0.25) is 5.02 Å². The molecule has 3 aromatic rings. The predicted molar refractivity (Wildman–Crippen MR) is 105 cm³/mol. The molecule has 0 unspecified atom stereocenters. The van der Waals surface area contributed by atoms with Crippen LogP contribution in [0.15, 0.2) is 66.7 Å². The standard InChI is InChI=1S/C22H22ClNO/c1-16-11-12-20(13-17(16)2)24-14-18-7-4-6-10-22(18)25-15-19-8-3-5-9-21(19)23/h3-13,24H,14-15H2,1-2H3. The Balaban J connectivity index is 1.68. The van der Waals surface area contributed by atoms with Crippen molar-refractivity contribution in [3.05, 3.63) is 94.0 Å². The second-order valence-corrected chi connectivity index (χ2v) is 6.55. The fraction of sp³-hybridized carbons (Fsp3) is 0.182. The Kier molecular flexibility index (Phi) is 5.62. The summed E-state index contributed by atoms with van der Waals surface area (Å²) in [6.07, 6.45) is 0. The molecule has 0 bridgehead atoms. The third-order valence-corrected chi connectivity index (χ3v) is 4.67. The molecule has 0 amide bonds. The third-order valence-electron chi connectivity index (χ3n) is 4.30. The largest absolute Gasteiger partial charge is 0.488 e. The Morgan fingerprint density at radius 2 is 1.56 bits per heavy atom. The van der Waals surface area contributed by atoms with E-state index in [2.05, 4.69) is 43.4 Å². The maximum atomic E-state index is 6.21. The summed E-state index contributed by atoms with van der Waals surface area (Å²) in [7, 11) is 0. The number of benzene rings is 3. The molecule has 25 heavy (non-hydrogen) atoms. The van der Waals surface area contributed by atoms with E-state index >= 15 is 0 Å². The molecule has 0 aromatic heterocycles. The number of hydrogen-bond acceptors (Lipinski definition) is 2. The summed E-state index contributed by atoms with van der Waals surface area (Å²) in [6, 6.07) is 22.3. The fourth-order valence-corrected chi connectivity index (χ4v) is 2.80. The second-order valence-electron chi connectivity index (χ2n) is 6.14. The van der Waals surface area contributed by atoms with Gasteiger partial charge in [0, 0.05) is 28.4 Å². The van der Waals surface area contributed by atoms with Crippen molar-refractivity contribution in [1.29, 1.82) is 0 Å². The van der Waals surface area contributed by atoms with Gasteiger partial charge in [-0.3, -0.25) is 0 Å². The predicted octanol–water partition coefficient (Wildman–Crippen LogP) is 6.15. The SMILES string of the molecule is Cc1ccc(NCc2ccccc2OCc2ccccc2Cl)cc1C. The van der Waals surface area contributed by atoms with Gasteiger partial charge in [-0.2, -0.15) is 0 Å². The van der Waals surface area contributed by atoms with E-state index < -0.39 is 0 Å². The second kappa shape index (κ2) is 8.09. The molecule has 0 radical (unpaired) electrons. The summed E-state index contributed by atoms with van der Waals surface area (Å²) < 4.78 is 6.01. The van der Waals surface area contributed by atoms with Crippen molar-refractivity contribution >= 4 is 17.3 Å². The van der Waals surface area contributed by atoms with Gasteiger partial charge in [-0.15, -0.1) is 0 Å². The van der Waals surface area contributed by atoms with Gasteiger partial charge in [0.25, 0.3) is 0 Å².